The van der Waals surface area contributed by atoms with Gasteiger partial charge < -0.3 is 25.0 Å². The van der Waals surface area contributed by atoms with Crippen LogP contribution in [-0.4, -0.2) is 65.6 Å². The number of benzene rings is 1. The van der Waals surface area contributed by atoms with Crippen LogP contribution in [0.1, 0.15) is 23.7 Å². The fourth-order valence-electron chi connectivity index (χ4n) is 3.18. The summed E-state index contributed by atoms with van der Waals surface area (Å²) in [5.41, 5.74) is 1.15. The molecule has 32 heavy (non-hydrogen) atoms. The molecule has 1 aliphatic heterocycles. The van der Waals surface area contributed by atoms with Crippen LogP contribution in [0.15, 0.2) is 43.1 Å². The number of nitrogens with one attached hydrogen (secondary N) is 2. The number of halogens is 1. The average molecular weight is 460 g/mol. The first-order chi connectivity index (χ1) is 15.5. The van der Waals surface area contributed by atoms with E-state index in [2.05, 4.69) is 27.2 Å². The molecular formula is C22H26ClN5O4. The van der Waals surface area contributed by atoms with E-state index in [1.165, 1.54) is 12.3 Å². The third-order valence-corrected chi connectivity index (χ3v) is 5.04. The molecule has 1 unspecified atom stereocenters. The molecule has 0 spiro atoms. The highest BCUT2D eigenvalue weighted by Gasteiger charge is 2.27. The molecule has 170 valence electrons. The number of hydrogen-bond donors (Lipinski definition) is 2. The zero-order valence-electron chi connectivity index (χ0n) is 17.8. The zero-order valence-corrected chi connectivity index (χ0v) is 18.6. The molecule has 10 heteroatoms. The van der Waals surface area contributed by atoms with E-state index in [1.54, 1.807) is 29.2 Å². The summed E-state index contributed by atoms with van der Waals surface area (Å²) in [5.74, 6) is 0.304. The highest BCUT2D eigenvalue weighted by Crippen LogP contribution is 2.23. The topological polar surface area (TPSA) is 106 Å². The van der Waals surface area contributed by atoms with Crippen molar-refractivity contribution in [3.8, 4) is 5.88 Å². The molecule has 2 aromatic rings. The molecule has 1 aromatic carbocycles. The van der Waals surface area contributed by atoms with Crippen LogP contribution < -0.4 is 15.4 Å². The second kappa shape index (κ2) is 11.4. The number of anilines is 2. The van der Waals surface area contributed by atoms with Gasteiger partial charge in [-0.05, 0) is 43.7 Å². The Kier molecular flexibility index (Phi) is 8.41. The Hall–Kier alpha value is -3.17. The van der Waals surface area contributed by atoms with Gasteiger partial charge in [0, 0.05) is 37.0 Å². The number of nitrogens with zero attached hydrogens (tertiary/aromatic N) is 3. The number of carbonyl (C=O) groups is 2. The van der Waals surface area contributed by atoms with Crippen LogP contribution in [-0.2, 0) is 9.53 Å². The van der Waals surface area contributed by atoms with E-state index in [1.807, 2.05) is 6.92 Å². The molecule has 2 N–H and O–H groups in total. The van der Waals surface area contributed by atoms with Crippen LogP contribution in [0.4, 0.5) is 11.6 Å². The molecule has 1 aliphatic rings. The Morgan fingerprint density at radius 2 is 2.09 bits per heavy atom. The van der Waals surface area contributed by atoms with Gasteiger partial charge in [0.05, 0.1) is 12.8 Å². The third-order valence-electron chi connectivity index (χ3n) is 4.78. The maximum Gasteiger partial charge on any atom is 0.253 e. The molecule has 1 fully saturated rings. The van der Waals surface area contributed by atoms with Gasteiger partial charge in [-0.2, -0.15) is 4.98 Å². The van der Waals surface area contributed by atoms with Gasteiger partial charge in [-0.1, -0.05) is 18.2 Å². The van der Waals surface area contributed by atoms with Crippen molar-refractivity contribution in [2.24, 2.45) is 0 Å². The van der Waals surface area contributed by atoms with Gasteiger partial charge in [-0.25, -0.2) is 4.98 Å². The Morgan fingerprint density at radius 3 is 2.81 bits per heavy atom. The molecule has 0 aliphatic carbocycles. The summed E-state index contributed by atoms with van der Waals surface area (Å²) in [4.78, 5) is 34.5. The van der Waals surface area contributed by atoms with Gasteiger partial charge in [-0.15, -0.1) is 0 Å². The Balaban J connectivity index is 1.54. The minimum Gasteiger partial charge on any atom is -0.474 e. The average Bonchev–Trinajstić information content (AvgIpc) is 3.27. The van der Waals surface area contributed by atoms with Crippen molar-refractivity contribution in [1.29, 1.82) is 0 Å². The van der Waals surface area contributed by atoms with Crippen LogP contribution in [0.2, 0.25) is 5.02 Å². The summed E-state index contributed by atoms with van der Waals surface area (Å²) in [7, 11) is 0. The van der Waals surface area contributed by atoms with Gasteiger partial charge in [0.2, 0.25) is 17.7 Å². The van der Waals surface area contributed by atoms with Crippen LogP contribution in [0.25, 0.3) is 0 Å². The normalized spacial score (nSPS) is 15.3. The SMILES string of the molecule is C=CC(=O)Nc1ccc(C(=O)N2CCC(Nc3ncc(Cl)c(OCCOCC)n3)C2)cc1. The maximum atomic E-state index is 12.8. The second-order valence-corrected chi connectivity index (χ2v) is 7.45. The molecule has 0 bridgehead atoms. The van der Waals surface area contributed by atoms with Crippen molar-refractivity contribution in [3.63, 3.8) is 0 Å². The third kappa shape index (κ3) is 6.41. The van der Waals surface area contributed by atoms with Gasteiger partial charge in [0.15, 0.2) is 0 Å². The predicted octanol–water partition coefficient (Wildman–Crippen LogP) is 3.00. The fourth-order valence-corrected chi connectivity index (χ4v) is 3.33. The number of ether oxygens (including phenoxy) is 2. The van der Waals surface area contributed by atoms with E-state index < -0.39 is 0 Å². The van der Waals surface area contributed by atoms with Crippen LogP contribution in [0.3, 0.4) is 0 Å². The van der Waals surface area contributed by atoms with Crippen molar-refractivity contribution in [1.82, 2.24) is 14.9 Å². The quantitative estimate of drug-likeness (QED) is 0.415. The van der Waals surface area contributed by atoms with Crippen molar-refractivity contribution in [2.75, 3.05) is 43.5 Å². The smallest absolute Gasteiger partial charge is 0.253 e. The van der Waals surface area contributed by atoms with Crippen molar-refractivity contribution >= 4 is 35.1 Å². The monoisotopic (exact) mass is 459 g/mol. The number of rotatable bonds is 10. The summed E-state index contributed by atoms with van der Waals surface area (Å²) < 4.78 is 10.8. The first-order valence-electron chi connectivity index (χ1n) is 10.3. The first kappa shape index (κ1) is 23.5. The second-order valence-electron chi connectivity index (χ2n) is 7.04. The summed E-state index contributed by atoms with van der Waals surface area (Å²) >= 11 is 6.11. The summed E-state index contributed by atoms with van der Waals surface area (Å²) in [6.07, 6.45) is 3.43. The molecule has 1 saturated heterocycles. The van der Waals surface area contributed by atoms with E-state index in [4.69, 9.17) is 21.1 Å². The van der Waals surface area contributed by atoms with Crippen molar-refractivity contribution < 1.29 is 19.1 Å². The van der Waals surface area contributed by atoms with E-state index in [0.29, 0.717) is 61.0 Å². The number of aromatic nitrogens is 2. The van der Waals surface area contributed by atoms with Crippen LogP contribution >= 0.6 is 11.6 Å². The predicted molar refractivity (Wildman–Crippen MR) is 122 cm³/mol. The molecule has 9 nitrogen and oxygen atoms in total. The van der Waals surface area contributed by atoms with Gasteiger partial charge in [0.25, 0.3) is 5.91 Å². The zero-order chi connectivity index (χ0) is 22.9. The number of hydrogen-bond acceptors (Lipinski definition) is 7. The highest BCUT2D eigenvalue weighted by atomic mass is 35.5. The van der Waals surface area contributed by atoms with E-state index >= 15 is 0 Å². The molecule has 0 saturated carbocycles. The highest BCUT2D eigenvalue weighted by molar-refractivity contribution is 6.31. The summed E-state index contributed by atoms with van der Waals surface area (Å²) in [5, 5.41) is 6.22. The minimum atomic E-state index is -0.301. The Labute approximate surface area is 191 Å². The fraction of sp³-hybridized carbons (Fsp3) is 0.364. The molecule has 1 atom stereocenters. The lowest BCUT2D eigenvalue weighted by Gasteiger charge is -2.18. The van der Waals surface area contributed by atoms with Crippen molar-refractivity contribution in [3.05, 3.63) is 53.7 Å². The van der Waals surface area contributed by atoms with Crippen molar-refractivity contribution in [2.45, 2.75) is 19.4 Å². The minimum absolute atomic E-state index is 0.00236. The molecule has 0 radical (unpaired) electrons. The molecule has 2 heterocycles. The van der Waals surface area contributed by atoms with Gasteiger partial charge in [-0.3, -0.25) is 9.59 Å². The maximum absolute atomic E-state index is 12.8. The molecule has 3 rings (SSSR count). The van der Waals surface area contributed by atoms with E-state index in [0.717, 1.165) is 6.42 Å². The van der Waals surface area contributed by atoms with Crippen LogP contribution in [0.5, 0.6) is 5.88 Å². The summed E-state index contributed by atoms with van der Waals surface area (Å²) in [6, 6.07) is 6.76. The largest absolute Gasteiger partial charge is 0.474 e. The lowest BCUT2D eigenvalue weighted by molar-refractivity contribution is -0.111. The number of carbonyl (C=O) groups excluding carboxylic acids is 2. The molecule has 2 amide bonds. The Morgan fingerprint density at radius 1 is 1.31 bits per heavy atom. The van der Waals surface area contributed by atoms with E-state index in [-0.39, 0.29) is 17.9 Å². The molecular weight excluding hydrogens is 434 g/mol. The number of amides is 2. The summed E-state index contributed by atoms with van der Waals surface area (Å²) in [6.45, 7) is 7.84. The molecule has 1 aromatic heterocycles. The number of likely N-dealkylation sites (tertiary alicyclic amines) is 1. The Bertz CT molecular complexity index is 954. The first-order valence-corrected chi connectivity index (χ1v) is 10.7. The van der Waals surface area contributed by atoms with Gasteiger partial charge in [0.1, 0.15) is 11.6 Å². The lowest BCUT2D eigenvalue weighted by Crippen LogP contribution is -2.31. The van der Waals surface area contributed by atoms with E-state index in [9.17, 15) is 9.59 Å². The van der Waals surface area contributed by atoms with Crippen LogP contribution in [0, 0.1) is 0 Å². The van der Waals surface area contributed by atoms with Gasteiger partial charge >= 0.3 is 0 Å². The standard InChI is InChI=1S/C22H26ClN5O4/c1-3-19(29)25-16-7-5-15(6-8-16)21(30)28-10-9-17(14-28)26-22-24-13-18(23)20(27-22)32-12-11-31-4-2/h3,5-8,13,17H,1,4,9-12,14H2,2H3,(H,25,29)(H,24,26,27). The lowest BCUT2D eigenvalue weighted by atomic mass is 10.2.